The highest BCUT2D eigenvalue weighted by Gasteiger charge is 1.97. The van der Waals surface area contributed by atoms with Crippen molar-refractivity contribution in [2.24, 2.45) is 0 Å². The van der Waals surface area contributed by atoms with Gasteiger partial charge in [-0.1, -0.05) is 42.5 Å². The van der Waals surface area contributed by atoms with Crippen LogP contribution in [0.25, 0.3) is 0 Å². The van der Waals surface area contributed by atoms with Crippen molar-refractivity contribution in [1.29, 1.82) is 0 Å². The Morgan fingerprint density at radius 3 is 2.12 bits per heavy atom. The molecule has 17 heavy (non-hydrogen) atoms. The van der Waals surface area contributed by atoms with E-state index >= 15 is 0 Å². The highest BCUT2D eigenvalue weighted by atomic mass is 32.2. The second kappa shape index (κ2) is 6.48. The third-order valence-corrected chi connectivity index (χ3v) is 3.53. The SMILES string of the molecule is OCCSc1ccc(Cc2ccccc2)cc1. The second-order valence-corrected chi connectivity index (χ2v) is 5.05. The van der Waals surface area contributed by atoms with Crippen LogP contribution < -0.4 is 0 Å². The van der Waals surface area contributed by atoms with Gasteiger partial charge in [-0.15, -0.1) is 11.8 Å². The molecule has 88 valence electrons. The fourth-order valence-electron chi connectivity index (χ4n) is 1.70. The summed E-state index contributed by atoms with van der Waals surface area (Å²) in [5.74, 6) is 0.762. The molecule has 0 saturated heterocycles. The molecule has 0 atom stereocenters. The predicted octanol–water partition coefficient (Wildman–Crippen LogP) is 3.36. The molecule has 0 saturated carbocycles. The molecule has 0 bridgehead atoms. The Morgan fingerprint density at radius 1 is 0.824 bits per heavy atom. The van der Waals surface area contributed by atoms with Gasteiger partial charge in [-0.3, -0.25) is 0 Å². The first-order chi connectivity index (χ1) is 8.38. The number of aliphatic hydroxyl groups is 1. The van der Waals surface area contributed by atoms with Crippen LogP contribution in [0, 0.1) is 0 Å². The Labute approximate surface area is 107 Å². The quantitative estimate of drug-likeness (QED) is 0.814. The van der Waals surface area contributed by atoms with Gasteiger partial charge >= 0.3 is 0 Å². The zero-order chi connectivity index (χ0) is 11.9. The van der Waals surface area contributed by atoms with Crippen molar-refractivity contribution in [2.75, 3.05) is 12.4 Å². The van der Waals surface area contributed by atoms with Crippen LogP contribution >= 0.6 is 11.8 Å². The van der Waals surface area contributed by atoms with Crippen LogP contribution in [0.3, 0.4) is 0 Å². The summed E-state index contributed by atoms with van der Waals surface area (Å²) < 4.78 is 0. The third kappa shape index (κ3) is 3.91. The van der Waals surface area contributed by atoms with E-state index in [1.807, 2.05) is 6.07 Å². The maximum atomic E-state index is 8.76. The molecule has 0 radical (unpaired) electrons. The van der Waals surface area contributed by atoms with Gasteiger partial charge in [0.05, 0.1) is 6.61 Å². The highest BCUT2D eigenvalue weighted by Crippen LogP contribution is 2.19. The minimum Gasteiger partial charge on any atom is -0.396 e. The molecule has 2 aromatic rings. The van der Waals surface area contributed by atoms with Gasteiger partial charge in [-0.05, 0) is 29.7 Å². The summed E-state index contributed by atoms with van der Waals surface area (Å²) in [6.07, 6.45) is 0.978. The first-order valence-corrected chi connectivity index (χ1v) is 6.73. The van der Waals surface area contributed by atoms with Crippen molar-refractivity contribution in [3.8, 4) is 0 Å². The summed E-state index contributed by atoms with van der Waals surface area (Å²) in [6, 6.07) is 19.0. The number of benzene rings is 2. The molecule has 0 unspecified atom stereocenters. The average molecular weight is 244 g/mol. The van der Waals surface area contributed by atoms with Crippen molar-refractivity contribution in [3.05, 3.63) is 65.7 Å². The van der Waals surface area contributed by atoms with E-state index in [-0.39, 0.29) is 6.61 Å². The molecule has 0 aliphatic rings. The normalized spacial score (nSPS) is 10.4. The molecule has 2 heteroatoms. The lowest BCUT2D eigenvalue weighted by atomic mass is 10.1. The Bertz CT molecular complexity index is 436. The first-order valence-electron chi connectivity index (χ1n) is 5.75. The van der Waals surface area contributed by atoms with Gasteiger partial charge in [0.2, 0.25) is 0 Å². The Morgan fingerprint density at radius 2 is 1.47 bits per heavy atom. The van der Waals surface area contributed by atoms with Gasteiger partial charge in [0.15, 0.2) is 0 Å². The van der Waals surface area contributed by atoms with E-state index in [0.29, 0.717) is 0 Å². The smallest absolute Gasteiger partial charge is 0.0525 e. The molecule has 0 heterocycles. The molecule has 0 spiro atoms. The van der Waals surface area contributed by atoms with Crippen LogP contribution in [-0.4, -0.2) is 17.5 Å². The summed E-state index contributed by atoms with van der Waals surface area (Å²) in [5.41, 5.74) is 2.66. The topological polar surface area (TPSA) is 20.2 Å². The number of rotatable bonds is 5. The maximum Gasteiger partial charge on any atom is 0.0525 e. The van der Waals surface area contributed by atoms with Crippen LogP contribution in [-0.2, 0) is 6.42 Å². The molecular weight excluding hydrogens is 228 g/mol. The molecule has 2 rings (SSSR count). The van der Waals surface area contributed by atoms with Crippen molar-refractivity contribution in [1.82, 2.24) is 0 Å². The Kier molecular flexibility index (Phi) is 4.65. The summed E-state index contributed by atoms with van der Waals surface area (Å²) in [6.45, 7) is 0.233. The summed E-state index contributed by atoms with van der Waals surface area (Å²) in [4.78, 5) is 1.22. The summed E-state index contributed by atoms with van der Waals surface area (Å²) in [5, 5.41) is 8.76. The zero-order valence-corrected chi connectivity index (χ0v) is 10.5. The fraction of sp³-hybridized carbons (Fsp3) is 0.200. The van der Waals surface area contributed by atoms with Gasteiger partial charge in [-0.25, -0.2) is 0 Å². The monoisotopic (exact) mass is 244 g/mol. The van der Waals surface area contributed by atoms with E-state index in [1.54, 1.807) is 11.8 Å². The van der Waals surface area contributed by atoms with Gasteiger partial charge in [0.25, 0.3) is 0 Å². The zero-order valence-electron chi connectivity index (χ0n) is 9.67. The van der Waals surface area contributed by atoms with Gasteiger partial charge in [0, 0.05) is 10.6 Å². The first kappa shape index (κ1) is 12.2. The van der Waals surface area contributed by atoms with E-state index < -0.39 is 0 Å². The van der Waals surface area contributed by atoms with E-state index in [9.17, 15) is 0 Å². The Hall–Kier alpha value is -1.25. The maximum absolute atomic E-state index is 8.76. The van der Waals surface area contributed by atoms with Crippen LogP contribution in [0.2, 0.25) is 0 Å². The number of hydrogen-bond donors (Lipinski definition) is 1. The van der Waals surface area contributed by atoms with E-state index in [2.05, 4.69) is 48.5 Å². The molecule has 2 aromatic carbocycles. The molecule has 0 amide bonds. The summed E-state index contributed by atoms with van der Waals surface area (Å²) in [7, 11) is 0. The minimum atomic E-state index is 0.233. The largest absolute Gasteiger partial charge is 0.396 e. The van der Waals surface area contributed by atoms with Crippen molar-refractivity contribution < 1.29 is 5.11 Å². The van der Waals surface area contributed by atoms with E-state index in [0.717, 1.165) is 12.2 Å². The number of hydrogen-bond acceptors (Lipinski definition) is 2. The second-order valence-electron chi connectivity index (χ2n) is 3.88. The molecular formula is C15H16OS. The third-order valence-electron chi connectivity index (χ3n) is 2.53. The summed E-state index contributed by atoms with van der Waals surface area (Å²) >= 11 is 1.69. The van der Waals surface area contributed by atoms with Gasteiger partial charge in [0.1, 0.15) is 0 Å². The minimum absolute atomic E-state index is 0.233. The number of thioether (sulfide) groups is 1. The van der Waals surface area contributed by atoms with Crippen LogP contribution in [0.5, 0.6) is 0 Å². The predicted molar refractivity (Wildman–Crippen MR) is 73.5 cm³/mol. The molecule has 1 N–H and O–H groups in total. The van der Waals surface area contributed by atoms with Crippen LogP contribution in [0.4, 0.5) is 0 Å². The van der Waals surface area contributed by atoms with Crippen LogP contribution in [0.1, 0.15) is 11.1 Å². The lowest BCUT2D eigenvalue weighted by Gasteiger charge is -2.04. The molecule has 0 fully saturated rings. The van der Waals surface area contributed by atoms with Crippen molar-refractivity contribution >= 4 is 11.8 Å². The number of aliphatic hydroxyl groups excluding tert-OH is 1. The molecule has 0 aliphatic heterocycles. The van der Waals surface area contributed by atoms with Gasteiger partial charge in [-0.2, -0.15) is 0 Å². The molecule has 1 nitrogen and oxygen atoms in total. The molecule has 0 aliphatic carbocycles. The standard InChI is InChI=1S/C15H16OS/c16-10-11-17-15-8-6-14(7-9-15)12-13-4-2-1-3-5-13/h1-9,16H,10-12H2. The highest BCUT2D eigenvalue weighted by molar-refractivity contribution is 7.99. The van der Waals surface area contributed by atoms with Crippen molar-refractivity contribution in [2.45, 2.75) is 11.3 Å². The fourth-order valence-corrected chi connectivity index (χ4v) is 2.35. The van der Waals surface area contributed by atoms with E-state index in [1.165, 1.54) is 16.0 Å². The van der Waals surface area contributed by atoms with Crippen molar-refractivity contribution in [3.63, 3.8) is 0 Å². The van der Waals surface area contributed by atoms with Crippen LogP contribution in [0.15, 0.2) is 59.5 Å². The lowest BCUT2D eigenvalue weighted by Crippen LogP contribution is -1.88. The molecule has 0 aromatic heterocycles. The van der Waals surface area contributed by atoms with Gasteiger partial charge < -0.3 is 5.11 Å². The average Bonchev–Trinajstić information content (AvgIpc) is 2.39. The Balaban J connectivity index is 1.98. The van der Waals surface area contributed by atoms with E-state index in [4.69, 9.17) is 5.11 Å². The lowest BCUT2D eigenvalue weighted by molar-refractivity contribution is 0.322.